The van der Waals surface area contributed by atoms with E-state index < -0.39 is 23.7 Å². The first-order valence-electron chi connectivity index (χ1n) is 6.84. The van der Waals surface area contributed by atoms with E-state index in [0.717, 1.165) is 0 Å². The highest BCUT2D eigenvalue weighted by Gasteiger charge is 2.40. The number of carbonyl (C=O) groups excluding carboxylic acids is 3. The van der Waals surface area contributed by atoms with Crippen LogP contribution in [-0.2, 0) is 22.7 Å². The van der Waals surface area contributed by atoms with Crippen LogP contribution in [0.25, 0.3) is 0 Å². The molecule has 1 unspecified atom stereocenters. The van der Waals surface area contributed by atoms with E-state index in [-0.39, 0.29) is 43.0 Å². The maximum absolute atomic E-state index is 14.4. The molecule has 3 amide bonds. The lowest BCUT2D eigenvalue weighted by Gasteiger charge is -2.29. The van der Waals surface area contributed by atoms with E-state index in [1.165, 1.54) is 11.0 Å². The van der Waals surface area contributed by atoms with Crippen LogP contribution in [-0.4, -0.2) is 33.9 Å². The molecule has 3 N–H and O–H groups in total. The molecule has 0 saturated carbocycles. The Kier molecular flexibility index (Phi) is 3.63. The number of nitrogens with zero attached hydrogens (tertiary/aromatic N) is 1. The van der Waals surface area contributed by atoms with Crippen LogP contribution in [0.1, 0.15) is 34.3 Å². The molecule has 2 heterocycles. The number of benzene rings is 1. The van der Waals surface area contributed by atoms with Gasteiger partial charge in [-0.15, -0.1) is 0 Å². The number of hydrogen-bond acceptors (Lipinski definition) is 5. The Bertz CT molecular complexity index is 676. The number of rotatable bonds is 3. The van der Waals surface area contributed by atoms with Gasteiger partial charge >= 0.3 is 0 Å². The van der Waals surface area contributed by atoms with Gasteiger partial charge in [0.05, 0.1) is 5.56 Å². The van der Waals surface area contributed by atoms with Crippen LogP contribution in [0.5, 0.6) is 0 Å². The molecule has 0 aromatic heterocycles. The molecule has 3 rings (SSSR count). The molecule has 22 heavy (non-hydrogen) atoms. The van der Waals surface area contributed by atoms with Gasteiger partial charge in [0.1, 0.15) is 11.9 Å². The van der Waals surface area contributed by atoms with Crippen molar-refractivity contribution in [2.24, 2.45) is 0 Å². The summed E-state index contributed by atoms with van der Waals surface area (Å²) in [5.74, 6) is -2.16. The van der Waals surface area contributed by atoms with Gasteiger partial charge in [0.25, 0.3) is 5.91 Å². The van der Waals surface area contributed by atoms with Gasteiger partial charge in [0, 0.05) is 25.1 Å². The predicted octanol–water partition coefficient (Wildman–Crippen LogP) is 0.0655. The van der Waals surface area contributed by atoms with Gasteiger partial charge in [0.2, 0.25) is 11.8 Å². The van der Waals surface area contributed by atoms with E-state index in [2.05, 4.69) is 5.32 Å². The van der Waals surface area contributed by atoms with E-state index >= 15 is 0 Å². The number of halogens is 1. The molecular weight excluding hydrogens is 293 g/mol. The Morgan fingerprint density at radius 2 is 2.14 bits per heavy atom. The summed E-state index contributed by atoms with van der Waals surface area (Å²) < 4.78 is 14.4. The topological polar surface area (TPSA) is 98.7 Å². The highest BCUT2D eigenvalue weighted by Crippen LogP contribution is 2.30. The standard InChI is InChI=1S/C14H14FN3O4/c15-12-7(5-16-22)1-2-8-6-18(14(21)11(8)12)9-3-4-10(19)17-13(9)20/h1-2,9,16,22H,3-6H2,(H,17,19,20). The van der Waals surface area contributed by atoms with Gasteiger partial charge in [0.15, 0.2) is 0 Å². The van der Waals surface area contributed by atoms with Crippen molar-refractivity contribution in [3.05, 3.63) is 34.6 Å². The van der Waals surface area contributed by atoms with E-state index in [0.29, 0.717) is 5.56 Å². The lowest BCUT2D eigenvalue weighted by molar-refractivity contribution is -0.136. The van der Waals surface area contributed by atoms with Gasteiger partial charge in [-0.1, -0.05) is 12.1 Å². The summed E-state index contributed by atoms with van der Waals surface area (Å²) >= 11 is 0. The van der Waals surface area contributed by atoms with Gasteiger partial charge in [-0.25, -0.2) is 9.87 Å². The molecule has 0 radical (unpaired) electrons. The summed E-state index contributed by atoms with van der Waals surface area (Å²) in [5, 5.41) is 10.9. The largest absolute Gasteiger partial charge is 0.322 e. The molecule has 116 valence electrons. The molecule has 1 atom stereocenters. The second kappa shape index (κ2) is 5.47. The van der Waals surface area contributed by atoms with Crippen molar-refractivity contribution in [3.63, 3.8) is 0 Å². The Morgan fingerprint density at radius 3 is 2.82 bits per heavy atom. The zero-order valence-electron chi connectivity index (χ0n) is 11.6. The van der Waals surface area contributed by atoms with Crippen molar-refractivity contribution in [1.29, 1.82) is 0 Å². The fourth-order valence-electron chi connectivity index (χ4n) is 2.87. The maximum atomic E-state index is 14.4. The normalized spacial score (nSPS) is 21.1. The Hall–Kier alpha value is -2.32. The monoisotopic (exact) mass is 307 g/mol. The van der Waals surface area contributed by atoms with E-state index in [4.69, 9.17) is 5.21 Å². The zero-order valence-corrected chi connectivity index (χ0v) is 11.6. The number of nitrogens with one attached hydrogen (secondary N) is 2. The second-order valence-corrected chi connectivity index (χ2v) is 5.31. The minimum absolute atomic E-state index is 0.0718. The summed E-state index contributed by atoms with van der Waals surface area (Å²) in [6, 6.07) is 2.32. The summed E-state index contributed by atoms with van der Waals surface area (Å²) in [7, 11) is 0. The van der Waals surface area contributed by atoms with E-state index in [9.17, 15) is 18.8 Å². The number of hydrogen-bond donors (Lipinski definition) is 3. The van der Waals surface area contributed by atoms with Gasteiger partial charge in [-0.05, 0) is 12.0 Å². The summed E-state index contributed by atoms with van der Waals surface area (Å²) in [6.45, 7) is 0.00894. The molecule has 0 spiro atoms. The lowest BCUT2D eigenvalue weighted by atomic mass is 10.0. The quantitative estimate of drug-likeness (QED) is 0.542. The molecule has 0 bridgehead atoms. The summed E-state index contributed by atoms with van der Waals surface area (Å²) in [4.78, 5) is 36.8. The average molecular weight is 307 g/mol. The highest BCUT2D eigenvalue weighted by atomic mass is 19.1. The Balaban J connectivity index is 1.90. The maximum Gasteiger partial charge on any atom is 0.258 e. The summed E-state index contributed by atoms with van der Waals surface area (Å²) in [6.07, 6.45) is 0.385. The third-order valence-electron chi connectivity index (χ3n) is 3.98. The smallest absolute Gasteiger partial charge is 0.258 e. The van der Waals surface area contributed by atoms with Gasteiger partial charge < -0.3 is 10.1 Å². The number of hydroxylamine groups is 1. The van der Waals surface area contributed by atoms with Crippen molar-refractivity contribution < 1.29 is 24.0 Å². The van der Waals surface area contributed by atoms with Crippen LogP contribution in [0.4, 0.5) is 4.39 Å². The number of fused-ring (bicyclic) bond motifs is 1. The molecule has 2 aliphatic rings. The van der Waals surface area contributed by atoms with Crippen molar-refractivity contribution in [3.8, 4) is 0 Å². The fraction of sp³-hybridized carbons (Fsp3) is 0.357. The Labute approximate surface area is 125 Å². The minimum atomic E-state index is -0.767. The highest BCUT2D eigenvalue weighted by molar-refractivity contribution is 6.05. The van der Waals surface area contributed by atoms with Gasteiger partial charge in [-0.2, -0.15) is 0 Å². The Morgan fingerprint density at radius 1 is 1.36 bits per heavy atom. The predicted molar refractivity (Wildman–Crippen MR) is 71.1 cm³/mol. The van der Waals surface area contributed by atoms with Crippen LogP contribution in [0.15, 0.2) is 12.1 Å². The minimum Gasteiger partial charge on any atom is -0.322 e. The molecule has 0 aliphatic carbocycles. The van der Waals surface area contributed by atoms with Gasteiger partial charge in [-0.3, -0.25) is 19.7 Å². The first kappa shape index (κ1) is 14.6. The number of amides is 3. The molecule has 7 nitrogen and oxygen atoms in total. The molecule has 8 heteroatoms. The van der Waals surface area contributed by atoms with Crippen molar-refractivity contribution in [1.82, 2.24) is 15.7 Å². The average Bonchev–Trinajstić information content (AvgIpc) is 2.80. The molecule has 1 fully saturated rings. The SMILES string of the molecule is O=C1CCC(N2Cc3ccc(CNO)c(F)c3C2=O)C(=O)N1. The molecule has 2 aliphatic heterocycles. The van der Waals surface area contributed by atoms with Crippen LogP contribution in [0, 0.1) is 5.82 Å². The second-order valence-electron chi connectivity index (χ2n) is 5.31. The first-order chi connectivity index (χ1) is 10.5. The fourth-order valence-corrected chi connectivity index (χ4v) is 2.87. The van der Waals surface area contributed by atoms with E-state index in [1.807, 2.05) is 5.48 Å². The van der Waals surface area contributed by atoms with Crippen LogP contribution in [0.2, 0.25) is 0 Å². The molecule has 1 aromatic rings. The van der Waals surface area contributed by atoms with Crippen molar-refractivity contribution in [2.75, 3.05) is 0 Å². The van der Waals surface area contributed by atoms with Crippen molar-refractivity contribution in [2.45, 2.75) is 32.0 Å². The lowest BCUT2D eigenvalue weighted by Crippen LogP contribution is -2.52. The van der Waals surface area contributed by atoms with Crippen LogP contribution < -0.4 is 10.8 Å². The van der Waals surface area contributed by atoms with Crippen LogP contribution >= 0.6 is 0 Å². The van der Waals surface area contributed by atoms with Crippen molar-refractivity contribution >= 4 is 17.7 Å². The number of piperidine rings is 1. The number of carbonyl (C=O) groups is 3. The first-order valence-corrected chi connectivity index (χ1v) is 6.84. The molecule has 1 aromatic carbocycles. The third kappa shape index (κ3) is 2.26. The molecule has 1 saturated heterocycles. The third-order valence-corrected chi connectivity index (χ3v) is 3.98. The molecular formula is C14H14FN3O4. The zero-order chi connectivity index (χ0) is 15.9. The number of imide groups is 1. The van der Waals surface area contributed by atoms with E-state index in [1.54, 1.807) is 6.07 Å². The summed E-state index contributed by atoms with van der Waals surface area (Å²) in [5.41, 5.74) is 2.44. The van der Waals surface area contributed by atoms with Crippen LogP contribution in [0.3, 0.4) is 0 Å².